The molecular weight excluding hydrogens is 693 g/mol. The molecule has 0 aliphatic heterocycles. The van der Waals surface area contributed by atoms with Gasteiger partial charge in [-0.05, 0) is 24.4 Å². The topological polar surface area (TPSA) is 243 Å². The highest BCUT2D eigenvalue weighted by Crippen LogP contribution is 2.19. The molecule has 0 aromatic carbocycles. The molecule has 5 rings (SSSR count). The van der Waals surface area contributed by atoms with Gasteiger partial charge < -0.3 is 9.05 Å². The van der Waals surface area contributed by atoms with Crippen molar-refractivity contribution in [1.82, 2.24) is 60.4 Å². The minimum absolute atomic E-state index is 0.00694. The van der Waals surface area contributed by atoms with Gasteiger partial charge in [-0.15, -0.1) is 10.2 Å². The van der Waals surface area contributed by atoms with Crippen LogP contribution in [0.4, 0.5) is 0 Å². The normalized spacial score (nSPS) is 11.9. The van der Waals surface area contributed by atoms with Crippen molar-refractivity contribution in [2.45, 2.75) is 131 Å². The number of hydrogen-bond acceptors (Lipinski definition) is 15. The highest BCUT2D eigenvalue weighted by molar-refractivity contribution is 7.71. The lowest BCUT2D eigenvalue weighted by molar-refractivity contribution is 0.369. The smallest absolute Gasteiger partial charge is 0.348 e. The summed E-state index contributed by atoms with van der Waals surface area (Å²) in [7, 11) is 0. The van der Waals surface area contributed by atoms with Gasteiger partial charge >= 0.3 is 20.3 Å². The van der Waals surface area contributed by atoms with Gasteiger partial charge in [0.25, 0.3) is 0 Å². The van der Waals surface area contributed by atoms with Gasteiger partial charge in [0.15, 0.2) is 11.6 Å². The molecule has 0 aliphatic carbocycles. The zero-order chi connectivity index (χ0) is 38.0. The van der Waals surface area contributed by atoms with Crippen molar-refractivity contribution in [3.05, 3.63) is 59.0 Å². The summed E-state index contributed by atoms with van der Waals surface area (Å²) in [6.07, 6.45) is 0. The molecule has 0 bridgehead atoms. The van der Waals surface area contributed by atoms with Gasteiger partial charge in [-0.3, -0.25) is 19.3 Å². The van der Waals surface area contributed by atoms with Crippen molar-refractivity contribution in [2.75, 3.05) is 0 Å². The van der Waals surface area contributed by atoms with Gasteiger partial charge in [0.1, 0.15) is 17.5 Å². The Morgan fingerprint density at radius 2 is 1.06 bits per heavy atom. The summed E-state index contributed by atoms with van der Waals surface area (Å²) in [4.78, 5) is 34.6. The van der Waals surface area contributed by atoms with Gasteiger partial charge in [0.05, 0.1) is 0 Å². The summed E-state index contributed by atoms with van der Waals surface area (Å²) in [5.74, 6) is 3.18. The molecule has 0 unspecified atom stereocenters. The number of nitrogens with one attached hydrogen (secondary N) is 5. The first-order valence-corrected chi connectivity index (χ1v) is 16.7. The molecule has 5 N–H and O–H groups in total. The van der Waals surface area contributed by atoms with Crippen LogP contribution >= 0.6 is 36.0 Å². The third kappa shape index (κ3) is 16.4. The molecule has 5 aromatic heterocycles. The van der Waals surface area contributed by atoms with E-state index in [0.29, 0.717) is 5.82 Å². The van der Waals surface area contributed by atoms with E-state index in [4.69, 9.17) is 33.5 Å². The lowest BCUT2D eigenvalue weighted by Crippen LogP contribution is -2.14. The Morgan fingerprint density at radius 1 is 0.612 bits per heavy atom. The van der Waals surface area contributed by atoms with Crippen molar-refractivity contribution in [3.8, 4) is 0 Å². The van der Waals surface area contributed by atoms with E-state index < -0.39 is 5.76 Å². The number of hydrogen-bond donors (Lipinski definition) is 5. The fraction of sp³-hybridized carbons (Fsp3) is 0.690. The molecule has 0 radical (unpaired) electrons. The first-order chi connectivity index (χ1) is 22.1. The molecule has 5 heterocycles. The zero-order valence-electron chi connectivity index (χ0n) is 30.9. The van der Waals surface area contributed by atoms with Crippen molar-refractivity contribution in [2.24, 2.45) is 0 Å². The van der Waals surface area contributed by atoms with Crippen LogP contribution in [-0.2, 0) is 27.1 Å². The molecule has 0 amide bonds. The molecule has 20 heteroatoms. The van der Waals surface area contributed by atoms with E-state index in [9.17, 15) is 9.59 Å². The summed E-state index contributed by atoms with van der Waals surface area (Å²) in [5, 5.41) is 22.4. The standard InChI is InChI=1S/C6H10N2O2.3C6H10N2OS.C5H10N4/c2*1-6(2,3)4-7-5(9)10-8-4;2*1-6(2,3)4-7-5(10)9-8-4;1-5(2,3)4-6-8-9-7-4/h2*1-3H3,(H,7,8,9);2*1-3H3,(H,7,8,10);1-3H3,(H,6,7,8,9). The predicted molar refractivity (Wildman–Crippen MR) is 191 cm³/mol. The number of H-pyrrole nitrogens is 5. The maximum atomic E-state index is 10.6. The van der Waals surface area contributed by atoms with Crippen LogP contribution in [0.25, 0.3) is 0 Å². The summed E-state index contributed by atoms with van der Waals surface area (Å²) < 4.78 is 17.8. The fourth-order valence-corrected chi connectivity index (χ4v) is 3.59. The second kappa shape index (κ2) is 17.1. The van der Waals surface area contributed by atoms with E-state index in [0.717, 1.165) is 34.8 Å². The van der Waals surface area contributed by atoms with Crippen molar-refractivity contribution in [3.63, 3.8) is 0 Å². The Balaban J connectivity index is 0.000000306. The maximum absolute atomic E-state index is 10.6. The zero-order valence-corrected chi connectivity index (χ0v) is 33.3. The molecule has 5 aromatic rings. The number of aromatic nitrogens is 12. The minimum Gasteiger partial charge on any atom is -0.348 e. The molecule has 0 atom stereocenters. The second-order valence-electron chi connectivity index (χ2n) is 15.7. The van der Waals surface area contributed by atoms with Crippen molar-refractivity contribution in [1.29, 1.82) is 0 Å². The first-order valence-electron chi connectivity index (χ1n) is 15.1. The molecule has 49 heavy (non-hydrogen) atoms. The van der Waals surface area contributed by atoms with Gasteiger partial charge in [-0.25, -0.2) is 15.1 Å². The van der Waals surface area contributed by atoms with Crippen LogP contribution in [0.3, 0.4) is 0 Å². The Morgan fingerprint density at radius 3 is 1.22 bits per heavy atom. The van der Waals surface area contributed by atoms with Gasteiger partial charge in [-0.2, -0.15) is 19.6 Å². The van der Waals surface area contributed by atoms with Crippen molar-refractivity contribution < 1.29 is 13.6 Å². The first kappa shape index (κ1) is 43.1. The van der Waals surface area contributed by atoms with Crippen LogP contribution in [0.5, 0.6) is 0 Å². The minimum atomic E-state index is -0.495. The molecule has 17 nitrogen and oxygen atoms in total. The van der Waals surface area contributed by atoms with Crippen LogP contribution in [0.15, 0.2) is 23.2 Å². The van der Waals surface area contributed by atoms with Crippen LogP contribution in [0, 0.1) is 9.67 Å². The SMILES string of the molecule is CC(C)(C)c1nc(=S)o[nH]1.CC(C)(C)c1nc(=S)o[nH]1.CC(C)(C)c1nn[nH]n1.CC(C)(C)c1noc(=O)[nH]1.CC(C)(C)c1nsc(=O)[nH]1. The largest absolute Gasteiger partial charge is 0.438 e. The monoisotopic (exact) mass is 742 g/mol. The van der Waals surface area contributed by atoms with Gasteiger partial charge in [0, 0.05) is 38.6 Å². The summed E-state index contributed by atoms with van der Waals surface area (Å²) in [5.41, 5.74) is -0.209. The summed E-state index contributed by atoms with van der Waals surface area (Å²) in [6, 6.07) is 0. The number of rotatable bonds is 0. The molecule has 0 fully saturated rings. The van der Waals surface area contributed by atoms with Crippen LogP contribution in [0.1, 0.15) is 133 Å². The third-order valence-electron chi connectivity index (χ3n) is 5.61. The molecule has 0 saturated carbocycles. The third-order valence-corrected chi connectivity index (χ3v) is 6.51. The highest BCUT2D eigenvalue weighted by Gasteiger charge is 2.20. The maximum Gasteiger partial charge on any atom is 0.438 e. The number of tetrazole rings is 1. The Labute approximate surface area is 299 Å². The van der Waals surface area contributed by atoms with E-state index in [1.54, 1.807) is 0 Å². The Hall–Kier alpha value is -3.91. The molecule has 0 aliphatic rings. The Kier molecular flexibility index (Phi) is 15.1. The average molecular weight is 743 g/mol. The molecular formula is C29H50N12O5S3. The van der Waals surface area contributed by atoms with E-state index in [1.165, 1.54) is 0 Å². The van der Waals surface area contributed by atoms with E-state index >= 15 is 0 Å². The van der Waals surface area contributed by atoms with Crippen molar-refractivity contribution >= 4 is 36.0 Å². The average Bonchev–Trinajstić information content (AvgIpc) is 3.74. The van der Waals surface area contributed by atoms with Crippen LogP contribution < -0.4 is 10.6 Å². The fourth-order valence-electron chi connectivity index (χ4n) is 2.69. The lowest BCUT2D eigenvalue weighted by Gasteiger charge is -2.12. The van der Waals surface area contributed by atoms with Crippen LogP contribution in [0.2, 0.25) is 0 Å². The van der Waals surface area contributed by atoms with Gasteiger partial charge in [-0.1, -0.05) is 114 Å². The van der Waals surface area contributed by atoms with E-state index in [-0.39, 0.29) is 41.6 Å². The number of nitrogens with zero attached hydrogens (tertiary/aromatic N) is 7. The quantitative estimate of drug-likeness (QED) is 0.109. The van der Waals surface area contributed by atoms with E-state index in [1.807, 2.05) is 104 Å². The van der Waals surface area contributed by atoms with Crippen LogP contribution in [-0.4, -0.2) is 60.4 Å². The summed E-state index contributed by atoms with van der Waals surface area (Å²) in [6.45, 7) is 30.2. The second-order valence-corrected chi connectivity index (χ2v) is 17.2. The Bertz CT molecular complexity index is 1650. The summed E-state index contributed by atoms with van der Waals surface area (Å²) >= 11 is 10.4. The highest BCUT2D eigenvalue weighted by atomic mass is 32.1. The molecule has 0 spiro atoms. The lowest BCUT2D eigenvalue weighted by atomic mass is 9.96. The van der Waals surface area contributed by atoms with E-state index in [2.05, 4.69) is 64.9 Å². The van der Waals surface area contributed by atoms with Gasteiger partial charge in [0.2, 0.25) is 0 Å². The number of aromatic amines is 5. The molecule has 274 valence electrons. The predicted octanol–water partition coefficient (Wildman–Crippen LogP) is 6.35. The molecule has 0 saturated heterocycles.